The summed E-state index contributed by atoms with van der Waals surface area (Å²) >= 11 is 0. The largest absolute Gasteiger partial charge is 0.379 e. The van der Waals surface area contributed by atoms with Crippen LogP contribution in [-0.2, 0) is 14.8 Å². The first-order valence-electron chi connectivity index (χ1n) is 5.84. The lowest BCUT2D eigenvalue weighted by molar-refractivity contribution is 0.189. The number of halogens is 1. The minimum atomic E-state index is -3.96. The lowest BCUT2D eigenvalue weighted by atomic mass is 10.2. The van der Waals surface area contributed by atoms with E-state index in [2.05, 4.69) is 10.6 Å². The normalized spacial score (nSPS) is 18.8. The number of sulfonamides is 1. The molecule has 1 aliphatic rings. The van der Waals surface area contributed by atoms with Crippen LogP contribution < -0.4 is 15.8 Å². The molecular formula is C11H14FN3O4S. The van der Waals surface area contributed by atoms with Crippen molar-refractivity contribution in [3.8, 4) is 0 Å². The van der Waals surface area contributed by atoms with Crippen molar-refractivity contribution in [3.63, 3.8) is 0 Å². The number of carbonyl (C=O) groups excluding carboxylic acids is 1. The molecule has 1 atom stereocenters. The van der Waals surface area contributed by atoms with E-state index in [0.717, 1.165) is 18.2 Å². The number of benzene rings is 1. The predicted octanol–water partition coefficient (Wildman–Crippen LogP) is 0.383. The quantitative estimate of drug-likeness (QED) is 0.749. The molecule has 20 heavy (non-hydrogen) atoms. The van der Waals surface area contributed by atoms with Gasteiger partial charge in [0.25, 0.3) is 0 Å². The summed E-state index contributed by atoms with van der Waals surface area (Å²) in [5, 5.41) is 9.78. The third kappa shape index (κ3) is 3.65. The molecule has 1 saturated heterocycles. The monoisotopic (exact) mass is 303 g/mol. The van der Waals surface area contributed by atoms with Crippen LogP contribution in [0.1, 0.15) is 6.42 Å². The van der Waals surface area contributed by atoms with Crippen LogP contribution in [0.3, 0.4) is 0 Å². The first-order valence-corrected chi connectivity index (χ1v) is 7.38. The maximum Gasteiger partial charge on any atom is 0.319 e. The SMILES string of the molecule is NS(=O)(=O)c1ccc(F)c(NC(=O)NC2CCOC2)c1. The van der Waals surface area contributed by atoms with Gasteiger partial charge in [-0.2, -0.15) is 0 Å². The molecule has 1 heterocycles. The van der Waals surface area contributed by atoms with Gasteiger partial charge in [-0.3, -0.25) is 0 Å². The van der Waals surface area contributed by atoms with Gasteiger partial charge in [0, 0.05) is 6.61 Å². The minimum absolute atomic E-state index is 0.139. The molecule has 0 bridgehead atoms. The number of nitrogens with one attached hydrogen (secondary N) is 2. The van der Waals surface area contributed by atoms with Gasteiger partial charge >= 0.3 is 6.03 Å². The van der Waals surface area contributed by atoms with Gasteiger partial charge in [0.15, 0.2) is 0 Å². The number of primary sulfonamides is 1. The number of amides is 2. The summed E-state index contributed by atoms with van der Waals surface area (Å²) in [5.41, 5.74) is -0.257. The number of rotatable bonds is 3. The lowest BCUT2D eigenvalue weighted by Gasteiger charge is -2.12. The summed E-state index contributed by atoms with van der Waals surface area (Å²) in [4.78, 5) is 11.4. The molecule has 110 valence electrons. The summed E-state index contributed by atoms with van der Waals surface area (Å²) < 4.78 is 41.0. The Morgan fingerprint density at radius 1 is 1.45 bits per heavy atom. The van der Waals surface area contributed by atoms with E-state index in [0.29, 0.717) is 19.6 Å². The van der Waals surface area contributed by atoms with Gasteiger partial charge in [0.2, 0.25) is 10.0 Å². The first kappa shape index (κ1) is 14.7. The number of hydrogen-bond acceptors (Lipinski definition) is 4. The van der Waals surface area contributed by atoms with Crippen LogP contribution in [0.4, 0.5) is 14.9 Å². The Kier molecular flexibility index (Phi) is 4.21. The minimum Gasteiger partial charge on any atom is -0.379 e. The Bertz CT molecular complexity index is 614. The van der Waals surface area contributed by atoms with E-state index in [-0.39, 0.29) is 16.6 Å². The van der Waals surface area contributed by atoms with E-state index in [1.165, 1.54) is 0 Å². The van der Waals surface area contributed by atoms with Crippen molar-refractivity contribution in [2.45, 2.75) is 17.4 Å². The van der Waals surface area contributed by atoms with E-state index >= 15 is 0 Å². The third-order valence-electron chi connectivity index (χ3n) is 2.78. The van der Waals surface area contributed by atoms with E-state index in [1.54, 1.807) is 0 Å². The predicted molar refractivity (Wildman–Crippen MR) is 69.2 cm³/mol. The molecular weight excluding hydrogens is 289 g/mol. The first-order chi connectivity index (χ1) is 9.36. The molecule has 1 aromatic rings. The molecule has 0 saturated carbocycles. The second kappa shape index (κ2) is 5.73. The fourth-order valence-corrected chi connectivity index (χ4v) is 2.31. The summed E-state index contributed by atoms with van der Waals surface area (Å²) in [6, 6.07) is 2.15. The molecule has 9 heteroatoms. The number of ether oxygens (including phenoxy) is 1. The molecule has 1 fully saturated rings. The van der Waals surface area contributed by atoms with E-state index in [9.17, 15) is 17.6 Å². The lowest BCUT2D eigenvalue weighted by Crippen LogP contribution is -2.38. The molecule has 7 nitrogen and oxygen atoms in total. The number of anilines is 1. The van der Waals surface area contributed by atoms with Gasteiger partial charge in [0.05, 0.1) is 23.2 Å². The summed E-state index contributed by atoms with van der Waals surface area (Å²) in [5.74, 6) is -0.754. The summed E-state index contributed by atoms with van der Waals surface area (Å²) in [6.07, 6.45) is 0.674. The standard InChI is InChI=1S/C11H14FN3O4S/c12-9-2-1-8(20(13,17)18)5-10(9)15-11(16)14-7-3-4-19-6-7/h1-2,5,7H,3-4,6H2,(H2,13,17,18)(H2,14,15,16). The van der Waals surface area contributed by atoms with Gasteiger partial charge in [0.1, 0.15) is 5.82 Å². The third-order valence-corrected chi connectivity index (χ3v) is 3.69. The molecule has 4 N–H and O–H groups in total. The van der Waals surface area contributed by atoms with Crippen LogP contribution >= 0.6 is 0 Å². The maximum atomic E-state index is 13.5. The zero-order valence-electron chi connectivity index (χ0n) is 10.4. The van der Waals surface area contributed by atoms with Crippen LogP contribution in [0.25, 0.3) is 0 Å². The van der Waals surface area contributed by atoms with E-state index < -0.39 is 21.9 Å². The van der Waals surface area contributed by atoms with Crippen molar-refractivity contribution in [1.29, 1.82) is 0 Å². The average Bonchev–Trinajstić information content (AvgIpc) is 2.83. The van der Waals surface area contributed by atoms with Crippen molar-refractivity contribution in [3.05, 3.63) is 24.0 Å². The Morgan fingerprint density at radius 3 is 2.80 bits per heavy atom. The molecule has 1 unspecified atom stereocenters. The summed E-state index contributed by atoms with van der Waals surface area (Å²) in [6.45, 7) is 0.952. The molecule has 0 aromatic heterocycles. The Morgan fingerprint density at radius 2 is 2.20 bits per heavy atom. The summed E-state index contributed by atoms with van der Waals surface area (Å²) in [7, 11) is -3.96. The fourth-order valence-electron chi connectivity index (χ4n) is 1.77. The fraction of sp³-hybridized carbons (Fsp3) is 0.364. The van der Waals surface area contributed by atoms with Crippen molar-refractivity contribution < 1.29 is 22.3 Å². The van der Waals surface area contributed by atoms with Crippen LogP contribution in [-0.4, -0.2) is 33.7 Å². The highest BCUT2D eigenvalue weighted by Gasteiger charge is 2.19. The van der Waals surface area contributed by atoms with Gasteiger partial charge in [-0.05, 0) is 24.6 Å². The molecule has 2 amide bonds. The number of carbonyl (C=O) groups is 1. The maximum absolute atomic E-state index is 13.5. The van der Waals surface area contributed by atoms with Crippen molar-refractivity contribution in [2.75, 3.05) is 18.5 Å². The molecule has 0 spiro atoms. The molecule has 0 radical (unpaired) electrons. The number of nitrogens with two attached hydrogens (primary N) is 1. The van der Waals surface area contributed by atoms with Crippen molar-refractivity contribution in [1.82, 2.24) is 5.32 Å². The van der Waals surface area contributed by atoms with Crippen molar-refractivity contribution >= 4 is 21.7 Å². The zero-order chi connectivity index (χ0) is 14.8. The van der Waals surface area contributed by atoms with Gasteiger partial charge in [-0.25, -0.2) is 22.7 Å². The smallest absolute Gasteiger partial charge is 0.319 e. The highest BCUT2D eigenvalue weighted by molar-refractivity contribution is 7.89. The second-order valence-corrected chi connectivity index (χ2v) is 5.91. The van der Waals surface area contributed by atoms with Gasteiger partial charge in [-0.15, -0.1) is 0 Å². The molecule has 2 rings (SSSR count). The van der Waals surface area contributed by atoms with Crippen LogP contribution in [0, 0.1) is 5.82 Å². The average molecular weight is 303 g/mol. The molecule has 1 aromatic carbocycles. The zero-order valence-corrected chi connectivity index (χ0v) is 11.2. The topological polar surface area (TPSA) is 111 Å². The number of urea groups is 1. The Hall–Kier alpha value is -1.71. The molecule has 0 aliphatic carbocycles. The second-order valence-electron chi connectivity index (χ2n) is 4.35. The van der Waals surface area contributed by atoms with E-state index in [1.807, 2.05) is 0 Å². The van der Waals surface area contributed by atoms with Crippen LogP contribution in [0.2, 0.25) is 0 Å². The van der Waals surface area contributed by atoms with Crippen LogP contribution in [0.15, 0.2) is 23.1 Å². The Balaban J connectivity index is 2.09. The highest BCUT2D eigenvalue weighted by Crippen LogP contribution is 2.18. The van der Waals surface area contributed by atoms with E-state index in [4.69, 9.17) is 9.88 Å². The van der Waals surface area contributed by atoms with Gasteiger partial charge in [-0.1, -0.05) is 0 Å². The highest BCUT2D eigenvalue weighted by atomic mass is 32.2. The number of hydrogen-bond donors (Lipinski definition) is 3. The van der Waals surface area contributed by atoms with Crippen molar-refractivity contribution in [2.24, 2.45) is 5.14 Å². The van der Waals surface area contributed by atoms with Crippen LogP contribution in [0.5, 0.6) is 0 Å². The van der Waals surface area contributed by atoms with Gasteiger partial charge < -0.3 is 15.4 Å². The Labute approximate surface area is 115 Å². The molecule has 1 aliphatic heterocycles.